The van der Waals surface area contributed by atoms with Gasteiger partial charge in [0.1, 0.15) is 22.7 Å². The highest BCUT2D eigenvalue weighted by molar-refractivity contribution is 8.00. The van der Waals surface area contributed by atoms with Gasteiger partial charge in [0, 0.05) is 11.1 Å². The maximum Gasteiger partial charge on any atom is 0.234 e. The number of pyridine rings is 1. The molecule has 1 heterocycles. The van der Waals surface area contributed by atoms with Crippen molar-refractivity contribution in [3.8, 4) is 11.8 Å². The first-order chi connectivity index (χ1) is 13.1. The summed E-state index contributed by atoms with van der Waals surface area (Å²) in [5.41, 5.74) is 1.49. The van der Waals surface area contributed by atoms with Crippen molar-refractivity contribution in [2.75, 3.05) is 17.7 Å². The molecular formula is C20H16FN3O2S. The molecule has 0 atom stereocenters. The predicted octanol–water partition coefficient (Wildman–Crippen LogP) is 4.38. The quantitative estimate of drug-likeness (QED) is 0.642. The topological polar surface area (TPSA) is 75.0 Å². The van der Waals surface area contributed by atoms with Gasteiger partial charge in [0.15, 0.2) is 0 Å². The number of hydrogen-bond donors (Lipinski definition) is 1. The summed E-state index contributed by atoms with van der Waals surface area (Å²) >= 11 is 1.16. The Bertz CT molecular complexity index is 1030. The molecule has 0 aliphatic carbocycles. The highest BCUT2D eigenvalue weighted by Crippen LogP contribution is 2.27. The number of aromatic nitrogens is 1. The monoisotopic (exact) mass is 381 g/mol. The lowest BCUT2D eigenvalue weighted by Gasteiger charge is -2.08. The summed E-state index contributed by atoms with van der Waals surface area (Å²) in [5, 5.41) is 13.3. The van der Waals surface area contributed by atoms with Crippen LogP contribution in [0.25, 0.3) is 10.9 Å². The average Bonchev–Trinajstić information content (AvgIpc) is 2.66. The van der Waals surface area contributed by atoms with Gasteiger partial charge < -0.3 is 10.1 Å². The van der Waals surface area contributed by atoms with Crippen molar-refractivity contribution in [2.45, 2.75) is 11.9 Å². The molecule has 5 nitrogen and oxygen atoms in total. The fourth-order valence-corrected chi connectivity index (χ4v) is 3.24. The van der Waals surface area contributed by atoms with Gasteiger partial charge >= 0.3 is 0 Å². The number of benzene rings is 2. The van der Waals surface area contributed by atoms with Gasteiger partial charge in [-0.2, -0.15) is 5.26 Å². The minimum absolute atomic E-state index is 0.0563. The van der Waals surface area contributed by atoms with Gasteiger partial charge in [-0.3, -0.25) is 4.79 Å². The van der Waals surface area contributed by atoms with E-state index in [1.165, 1.54) is 18.2 Å². The van der Waals surface area contributed by atoms with E-state index in [-0.39, 0.29) is 11.7 Å². The SMILES string of the molecule is CCOc1ccc2nc(SCC(=O)Nc3cccc(F)c3)c(C#N)cc2c1. The van der Waals surface area contributed by atoms with Crippen LogP contribution in [0.15, 0.2) is 53.6 Å². The maximum absolute atomic E-state index is 13.2. The fraction of sp³-hybridized carbons (Fsp3) is 0.150. The van der Waals surface area contributed by atoms with Crippen LogP contribution < -0.4 is 10.1 Å². The molecule has 0 aliphatic rings. The van der Waals surface area contributed by atoms with E-state index in [2.05, 4.69) is 16.4 Å². The van der Waals surface area contributed by atoms with E-state index in [1.54, 1.807) is 12.1 Å². The fourth-order valence-electron chi connectivity index (χ4n) is 2.48. The number of anilines is 1. The molecular weight excluding hydrogens is 365 g/mol. The van der Waals surface area contributed by atoms with Crippen LogP contribution in [0.2, 0.25) is 0 Å². The second-order valence-corrected chi connectivity index (χ2v) is 6.55. The molecule has 0 aliphatic heterocycles. The zero-order valence-electron chi connectivity index (χ0n) is 14.5. The first-order valence-corrected chi connectivity index (χ1v) is 9.23. The summed E-state index contributed by atoms with van der Waals surface area (Å²) in [6.07, 6.45) is 0. The Labute approximate surface area is 160 Å². The van der Waals surface area contributed by atoms with E-state index in [0.29, 0.717) is 34.1 Å². The lowest BCUT2D eigenvalue weighted by Crippen LogP contribution is -2.14. The van der Waals surface area contributed by atoms with Crippen LogP contribution in [0.3, 0.4) is 0 Å². The number of nitrogens with zero attached hydrogens (tertiary/aromatic N) is 2. The van der Waals surface area contributed by atoms with Crippen LogP contribution in [0.4, 0.5) is 10.1 Å². The van der Waals surface area contributed by atoms with Gasteiger partial charge in [0.05, 0.1) is 23.4 Å². The van der Waals surface area contributed by atoms with Gasteiger partial charge in [0.25, 0.3) is 0 Å². The van der Waals surface area contributed by atoms with Crippen molar-refractivity contribution >= 4 is 34.3 Å². The molecule has 0 bridgehead atoms. The van der Waals surface area contributed by atoms with E-state index in [1.807, 2.05) is 25.1 Å². The molecule has 0 fully saturated rings. The Hall–Kier alpha value is -3.11. The second-order valence-electron chi connectivity index (χ2n) is 5.59. The van der Waals surface area contributed by atoms with Gasteiger partial charge in [-0.25, -0.2) is 9.37 Å². The minimum Gasteiger partial charge on any atom is -0.494 e. The Balaban J connectivity index is 1.74. The first-order valence-electron chi connectivity index (χ1n) is 8.25. The number of fused-ring (bicyclic) bond motifs is 1. The molecule has 3 aromatic rings. The smallest absolute Gasteiger partial charge is 0.234 e. The Morgan fingerprint density at radius 1 is 1.30 bits per heavy atom. The van der Waals surface area contributed by atoms with E-state index >= 15 is 0 Å². The lowest BCUT2D eigenvalue weighted by atomic mass is 10.1. The number of halogens is 1. The predicted molar refractivity (Wildman–Crippen MR) is 103 cm³/mol. The number of nitrogens with one attached hydrogen (secondary N) is 1. The molecule has 1 N–H and O–H groups in total. The van der Waals surface area contributed by atoms with Gasteiger partial charge in [-0.1, -0.05) is 17.8 Å². The lowest BCUT2D eigenvalue weighted by molar-refractivity contribution is -0.113. The van der Waals surface area contributed by atoms with Crippen molar-refractivity contribution in [3.05, 3.63) is 59.9 Å². The average molecular weight is 381 g/mol. The highest BCUT2D eigenvalue weighted by atomic mass is 32.2. The molecule has 0 unspecified atom stereocenters. The van der Waals surface area contributed by atoms with Crippen LogP contribution >= 0.6 is 11.8 Å². The summed E-state index contributed by atoms with van der Waals surface area (Å²) in [7, 11) is 0. The summed E-state index contributed by atoms with van der Waals surface area (Å²) in [4.78, 5) is 16.6. The third-order valence-electron chi connectivity index (χ3n) is 3.63. The molecule has 0 spiro atoms. The van der Waals surface area contributed by atoms with Gasteiger partial charge in [-0.05, 0) is 49.4 Å². The Kier molecular flexibility index (Phi) is 5.89. The molecule has 0 saturated heterocycles. The zero-order valence-corrected chi connectivity index (χ0v) is 15.3. The van der Waals surface area contributed by atoms with Crippen LogP contribution in [-0.4, -0.2) is 23.3 Å². The number of hydrogen-bond acceptors (Lipinski definition) is 5. The van der Waals surface area contributed by atoms with Crippen molar-refractivity contribution in [3.63, 3.8) is 0 Å². The van der Waals surface area contributed by atoms with Crippen molar-refractivity contribution < 1.29 is 13.9 Å². The number of ether oxygens (including phenoxy) is 1. The van der Waals surface area contributed by atoms with E-state index in [4.69, 9.17) is 4.74 Å². The number of thioether (sulfide) groups is 1. The van der Waals surface area contributed by atoms with Crippen molar-refractivity contribution in [1.29, 1.82) is 5.26 Å². The zero-order chi connectivity index (χ0) is 19.2. The number of carbonyl (C=O) groups excluding carboxylic acids is 1. The van der Waals surface area contributed by atoms with Crippen molar-refractivity contribution in [1.82, 2.24) is 4.98 Å². The molecule has 0 radical (unpaired) electrons. The molecule has 27 heavy (non-hydrogen) atoms. The summed E-state index contributed by atoms with van der Waals surface area (Å²) in [5.74, 6) is 0.0456. The largest absolute Gasteiger partial charge is 0.494 e. The van der Waals surface area contributed by atoms with E-state index in [9.17, 15) is 14.4 Å². The molecule has 136 valence electrons. The maximum atomic E-state index is 13.2. The number of nitriles is 1. The number of carbonyl (C=O) groups is 1. The molecule has 0 saturated carbocycles. The standard InChI is InChI=1S/C20H16FN3O2S/c1-2-26-17-6-7-18-13(9-17)8-14(11-22)20(24-18)27-12-19(25)23-16-5-3-4-15(21)10-16/h3-10H,2,12H2,1H3,(H,23,25). The molecule has 2 aromatic carbocycles. The van der Waals surface area contributed by atoms with Crippen LogP contribution in [0, 0.1) is 17.1 Å². The molecule has 1 aromatic heterocycles. The van der Waals surface area contributed by atoms with E-state index in [0.717, 1.165) is 17.1 Å². The minimum atomic E-state index is -0.421. The molecule has 3 rings (SSSR count). The second kappa shape index (κ2) is 8.52. The van der Waals surface area contributed by atoms with Gasteiger partial charge in [-0.15, -0.1) is 0 Å². The number of rotatable bonds is 6. The van der Waals surface area contributed by atoms with Crippen LogP contribution in [0.1, 0.15) is 12.5 Å². The molecule has 1 amide bonds. The summed E-state index contributed by atoms with van der Waals surface area (Å²) < 4.78 is 18.6. The Morgan fingerprint density at radius 3 is 2.89 bits per heavy atom. The summed E-state index contributed by atoms with van der Waals surface area (Å²) in [6.45, 7) is 2.45. The van der Waals surface area contributed by atoms with E-state index < -0.39 is 5.82 Å². The van der Waals surface area contributed by atoms with Crippen LogP contribution in [-0.2, 0) is 4.79 Å². The van der Waals surface area contributed by atoms with Crippen molar-refractivity contribution in [2.24, 2.45) is 0 Å². The molecule has 7 heteroatoms. The van der Waals surface area contributed by atoms with Crippen LogP contribution in [0.5, 0.6) is 5.75 Å². The Morgan fingerprint density at radius 2 is 2.15 bits per heavy atom. The third-order valence-corrected chi connectivity index (χ3v) is 4.62. The third kappa shape index (κ3) is 4.74. The first kappa shape index (κ1) is 18.7. The summed E-state index contributed by atoms with van der Waals surface area (Å²) in [6, 6.07) is 15.0. The normalized spacial score (nSPS) is 10.4. The number of amides is 1. The highest BCUT2D eigenvalue weighted by Gasteiger charge is 2.11. The van der Waals surface area contributed by atoms with Gasteiger partial charge in [0.2, 0.25) is 5.91 Å².